The van der Waals surface area contributed by atoms with Crippen LogP contribution in [0, 0.1) is 0 Å². The first-order valence-corrected chi connectivity index (χ1v) is 4.19. The number of nitrogens with zero attached hydrogens (tertiary/aromatic N) is 1. The van der Waals surface area contributed by atoms with Crippen LogP contribution >= 0.6 is 0 Å². The zero-order valence-corrected chi connectivity index (χ0v) is 6.86. The first-order chi connectivity index (χ1) is 5.97. The van der Waals surface area contributed by atoms with Crippen LogP contribution in [0.1, 0.15) is 12.0 Å². The van der Waals surface area contributed by atoms with Gasteiger partial charge in [0.1, 0.15) is 0 Å². The molecule has 1 heterocycles. The molecule has 1 aliphatic rings. The van der Waals surface area contributed by atoms with Gasteiger partial charge >= 0.3 is 0 Å². The lowest BCUT2D eigenvalue weighted by molar-refractivity contribution is 0.284. The van der Waals surface area contributed by atoms with Crippen LogP contribution in [0.3, 0.4) is 0 Å². The number of hydrogen-bond acceptors (Lipinski definition) is 2. The Morgan fingerprint density at radius 2 is 2.00 bits per heavy atom. The van der Waals surface area contributed by atoms with E-state index >= 15 is 0 Å². The molecule has 1 aromatic carbocycles. The average molecular weight is 161 g/mol. The van der Waals surface area contributed by atoms with E-state index in [9.17, 15) is 0 Å². The first kappa shape index (κ1) is 7.35. The Bertz CT molecular complexity index is 279. The fourth-order valence-electron chi connectivity index (χ4n) is 1.21. The maximum Gasteiger partial charge on any atom is 0.216 e. The molecule has 0 aliphatic carbocycles. The highest BCUT2D eigenvalue weighted by Crippen LogP contribution is 2.06. The molecule has 0 bridgehead atoms. The molecule has 0 unspecified atom stereocenters. The van der Waals surface area contributed by atoms with Crippen molar-refractivity contribution in [3.8, 4) is 0 Å². The molecule has 1 aromatic rings. The second-order valence-electron chi connectivity index (χ2n) is 2.75. The molecule has 0 saturated carbocycles. The highest BCUT2D eigenvalue weighted by Gasteiger charge is 2.06. The van der Waals surface area contributed by atoms with Crippen LogP contribution in [0.4, 0.5) is 0 Å². The fourth-order valence-corrected chi connectivity index (χ4v) is 1.21. The topological polar surface area (TPSA) is 21.6 Å². The number of hydrogen-bond donors (Lipinski definition) is 0. The van der Waals surface area contributed by atoms with Gasteiger partial charge in [-0.25, -0.2) is 0 Å². The van der Waals surface area contributed by atoms with E-state index in [4.69, 9.17) is 4.74 Å². The molecule has 62 valence electrons. The smallest absolute Gasteiger partial charge is 0.216 e. The molecule has 0 aromatic heterocycles. The average Bonchev–Trinajstić information content (AvgIpc) is 2.21. The van der Waals surface area contributed by atoms with Crippen LogP contribution in [0.15, 0.2) is 35.3 Å². The molecular formula is C10H11NO. The van der Waals surface area contributed by atoms with E-state index in [1.165, 1.54) is 0 Å². The van der Waals surface area contributed by atoms with E-state index in [1.807, 2.05) is 30.3 Å². The van der Waals surface area contributed by atoms with Crippen molar-refractivity contribution in [3.63, 3.8) is 0 Å². The molecule has 0 radical (unpaired) electrons. The molecule has 2 nitrogen and oxygen atoms in total. The number of aliphatic imine (C=N–C) groups is 1. The zero-order chi connectivity index (χ0) is 8.23. The monoisotopic (exact) mass is 161 g/mol. The van der Waals surface area contributed by atoms with Crippen LogP contribution in [0.25, 0.3) is 0 Å². The summed E-state index contributed by atoms with van der Waals surface area (Å²) in [4.78, 5) is 4.29. The highest BCUT2D eigenvalue weighted by atomic mass is 16.5. The highest BCUT2D eigenvalue weighted by molar-refractivity contribution is 5.94. The van der Waals surface area contributed by atoms with Gasteiger partial charge in [-0.3, -0.25) is 4.99 Å². The predicted molar refractivity (Wildman–Crippen MR) is 48.4 cm³/mol. The van der Waals surface area contributed by atoms with Crippen LogP contribution in [-0.4, -0.2) is 19.0 Å². The van der Waals surface area contributed by atoms with E-state index in [1.54, 1.807) is 0 Å². The van der Waals surface area contributed by atoms with Crippen molar-refractivity contribution in [3.05, 3.63) is 35.9 Å². The fraction of sp³-hybridized carbons (Fsp3) is 0.300. The Labute approximate surface area is 71.9 Å². The third kappa shape index (κ3) is 1.47. The van der Waals surface area contributed by atoms with Gasteiger partial charge < -0.3 is 4.74 Å². The Kier molecular flexibility index (Phi) is 2.08. The van der Waals surface area contributed by atoms with Gasteiger partial charge in [-0.15, -0.1) is 0 Å². The maximum atomic E-state index is 5.41. The van der Waals surface area contributed by atoms with Crippen LogP contribution in [-0.2, 0) is 4.74 Å². The molecule has 0 saturated heterocycles. The Morgan fingerprint density at radius 1 is 1.17 bits per heavy atom. The maximum absolute atomic E-state index is 5.41. The minimum atomic E-state index is 0.793. The van der Waals surface area contributed by atoms with Gasteiger partial charge in [0.05, 0.1) is 6.61 Å². The summed E-state index contributed by atoms with van der Waals surface area (Å²) in [6.45, 7) is 1.69. The first-order valence-electron chi connectivity index (χ1n) is 4.19. The van der Waals surface area contributed by atoms with E-state index in [-0.39, 0.29) is 0 Å². The largest absolute Gasteiger partial charge is 0.477 e. The Balaban J connectivity index is 2.24. The van der Waals surface area contributed by atoms with Crippen molar-refractivity contribution in [2.24, 2.45) is 4.99 Å². The SMILES string of the molecule is c1ccc(C2=NCCCO2)cc1. The summed E-state index contributed by atoms with van der Waals surface area (Å²) < 4.78 is 5.41. The van der Waals surface area contributed by atoms with Crippen molar-refractivity contribution in [2.75, 3.05) is 13.2 Å². The van der Waals surface area contributed by atoms with Crippen molar-refractivity contribution in [1.29, 1.82) is 0 Å². The van der Waals surface area contributed by atoms with Gasteiger partial charge in [-0.2, -0.15) is 0 Å². The van der Waals surface area contributed by atoms with E-state index in [0.717, 1.165) is 31.0 Å². The summed E-state index contributed by atoms with van der Waals surface area (Å²) in [5.74, 6) is 0.793. The lowest BCUT2D eigenvalue weighted by atomic mass is 10.2. The minimum absolute atomic E-state index is 0.793. The third-order valence-electron chi connectivity index (χ3n) is 1.82. The summed E-state index contributed by atoms with van der Waals surface area (Å²) in [7, 11) is 0. The van der Waals surface area contributed by atoms with Crippen LogP contribution in [0.5, 0.6) is 0 Å². The molecule has 0 spiro atoms. The Morgan fingerprint density at radius 3 is 2.67 bits per heavy atom. The molecular weight excluding hydrogens is 150 g/mol. The molecule has 2 heteroatoms. The summed E-state index contributed by atoms with van der Waals surface area (Å²) >= 11 is 0. The number of rotatable bonds is 1. The minimum Gasteiger partial charge on any atom is -0.477 e. The van der Waals surface area contributed by atoms with E-state index < -0.39 is 0 Å². The second kappa shape index (κ2) is 3.39. The second-order valence-corrected chi connectivity index (χ2v) is 2.75. The molecule has 2 rings (SSSR count). The van der Waals surface area contributed by atoms with Gasteiger partial charge in [0, 0.05) is 18.5 Å². The molecule has 1 aliphatic heterocycles. The van der Waals surface area contributed by atoms with Gasteiger partial charge in [0.25, 0.3) is 0 Å². The lowest BCUT2D eigenvalue weighted by Crippen LogP contribution is -2.14. The van der Waals surface area contributed by atoms with Gasteiger partial charge in [-0.05, 0) is 12.1 Å². The normalized spacial score (nSPS) is 16.5. The number of ether oxygens (including phenoxy) is 1. The Hall–Kier alpha value is -1.31. The van der Waals surface area contributed by atoms with E-state index in [0.29, 0.717) is 0 Å². The zero-order valence-electron chi connectivity index (χ0n) is 6.86. The van der Waals surface area contributed by atoms with Crippen molar-refractivity contribution < 1.29 is 4.74 Å². The molecule has 0 atom stereocenters. The summed E-state index contributed by atoms with van der Waals surface area (Å²) in [6, 6.07) is 10.0. The third-order valence-corrected chi connectivity index (χ3v) is 1.82. The summed E-state index contributed by atoms with van der Waals surface area (Å²) in [5, 5.41) is 0. The number of benzene rings is 1. The quantitative estimate of drug-likeness (QED) is 0.616. The molecule has 0 N–H and O–H groups in total. The lowest BCUT2D eigenvalue weighted by Gasteiger charge is -2.13. The van der Waals surface area contributed by atoms with Crippen molar-refractivity contribution in [2.45, 2.75) is 6.42 Å². The van der Waals surface area contributed by atoms with Gasteiger partial charge in [-0.1, -0.05) is 18.2 Å². The van der Waals surface area contributed by atoms with Crippen molar-refractivity contribution >= 4 is 5.90 Å². The molecule has 0 amide bonds. The molecule has 0 fully saturated rings. The summed E-state index contributed by atoms with van der Waals surface area (Å²) in [6.07, 6.45) is 1.04. The van der Waals surface area contributed by atoms with Crippen LogP contribution < -0.4 is 0 Å². The van der Waals surface area contributed by atoms with Gasteiger partial charge in [0.15, 0.2) is 0 Å². The molecule has 12 heavy (non-hydrogen) atoms. The van der Waals surface area contributed by atoms with E-state index in [2.05, 4.69) is 4.99 Å². The van der Waals surface area contributed by atoms with Crippen molar-refractivity contribution in [1.82, 2.24) is 0 Å². The standard InChI is InChI=1S/C10H11NO/c1-2-5-9(6-3-1)10-11-7-4-8-12-10/h1-3,5-6H,4,7-8H2. The summed E-state index contributed by atoms with van der Waals surface area (Å²) in [5.41, 5.74) is 1.08. The predicted octanol–water partition coefficient (Wildman–Crippen LogP) is 1.85. The van der Waals surface area contributed by atoms with Crippen LogP contribution in [0.2, 0.25) is 0 Å². The van der Waals surface area contributed by atoms with Gasteiger partial charge in [0.2, 0.25) is 5.90 Å².